The third-order valence-electron chi connectivity index (χ3n) is 5.70. The molecule has 0 radical (unpaired) electrons. The van der Waals surface area contributed by atoms with Gasteiger partial charge in [-0.1, -0.05) is 12.1 Å². The highest BCUT2D eigenvalue weighted by Gasteiger charge is 2.19. The van der Waals surface area contributed by atoms with E-state index in [2.05, 4.69) is 31.3 Å². The van der Waals surface area contributed by atoms with Gasteiger partial charge < -0.3 is 26.4 Å². The minimum Gasteiger partial charge on any atom is -0.444 e. The smallest absolute Gasteiger partial charge is 0.412 e. The molecule has 1 heterocycles. The number of nitrogen functional groups attached to an aromatic ring is 1. The van der Waals surface area contributed by atoms with Gasteiger partial charge in [-0.25, -0.2) is 9.59 Å². The first-order valence-electron chi connectivity index (χ1n) is 12.8. The van der Waals surface area contributed by atoms with Crippen LogP contribution >= 0.6 is 0 Å². The fraction of sp³-hybridized carbons (Fsp3) is 0.179. The summed E-state index contributed by atoms with van der Waals surface area (Å²) in [6, 6.07) is 16.5. The van der Waals surface area contributed by atoms with Crippen molar-refractivity contribution in [2.75, 3.05) is 28.7 Å². The molecule has 0 aliphatic carbocycles. The minimum atomic E-state index is -0.748. The molecule has 0 fully saturated rings. The molecule has 4 rings (SSSR count). The Kier molecular flexibility index (Phi) is 8.55. The van der Waals surface area contributed by atoms with Crippen LogP contribution in [0.15, 0.2) is 66.7 Å². The lowest BCUT2D eigenvalue weighted by Gasteiger charge is -2.19. The summed E-state index contributed by atoms with van der Waals surface area (Å²) in [5.74, 6) is -0.328. The summed E-state index contributed by atoms with van der Waals surface area (Å²) >= 11 is 0. The van der Waals surface area contributed by atoms with E-state index in [1.807, 2.05) is 0 Å². The number of ether oxygens (including phenoxy) is 1. The molecule has 3 amide bonds. The van der Waals surface area contributed by atoms with Crippen molar-refractivity contribution in [1.29, 1.82) is 0 Å². The fourth-order valence-electron chi connectivity index (χ4n) is 3.80. The number of nitro benzene ring substituents is 1. The molecule has 0 atom stereocenters. The predicted molar refractivity (Wildman–Crippen MR) is 160 cm³/mol. The Morgan fingerprint density at radius 2 is 1.56 bits per heavy atom. The maximum Gasteiger partial charge on any atom is 0.412 e. The number of aromatic nitrogens is 3. The first kappa shape index (κ1) is 30.0. The first-order valence-corrected chi connectivity index (χ1v) is 12.8. The van der Waals surface area contributed by atoms with Crippen LogP contribution in [0.1, 0.15) is 31.1 Å². The summed E-state index contributed by atoms with van der Waals surface area (Å²) in [6.07, 6.45) is -0.748. The van der Waals surface area contributed by atoms with Crippen LogP contribution < -0.4 is 27.0 Å². The molecule has 43 heavy (non-hydrogen) atoms. The highest BCUT2D eigenvalue weighted by atomic mass is 16.6. The molecule has 6 N–H and O–H groups in total. The van der Waals surface area contributed by atoms with Crippen LogP contribution in [-0.2, 0) is 4.74 Å². The third-order valence-corrected chi connectivity index (χ3v) is 5.70. The molecule has 0 saturated heterocycles. The fourth-order valence-corrected chi connectivity index (χ4v) is 3.80. The second-order valence-electron chi connectivity index (χ2n) is 10.1. The molecule has 15 heteroatoms. The third kappa shape index (κ3) is 7.81. The van der Waals surface area contributed by atoms with Crippen molar-refractivity contribution in [3.8, 4) is 11.1 Å². The molecule has 3 aromatic carbocycles. The number of nitro groups is 1. The maximum absolute atomic E-state index is 12.8. The number of nitrogens with two attached hydrogens (primary N) is 1. The summed E-state index contributed by atoms with van der Waals surface area (Å²) in [5.41, 5.74) is 7.58. The Labute approximate surface area is 245 Å². The van der Waals surface area contributed by atoms with Crippen LogP contribution in [0.4, 0.5) is 44.2 Å². The zero-order valence-corrected chi connectivity index (χ0v) is 23.7. The first-order chi connectivity index (χ1) is 20.3. The van der Waals surface area contributed by atoms with Crippen LogP contribution in [0, 0.1) is 10.1 Å². The maximum atomic E-state index is 12.8. The SMILES string of the molecule is CNC(=O)c1ccc(Nc2nc(N)n(C(=O)Nc3ccc(-c4cc(NC(=O)OC(C)(C)C)cc([N+](=O)[O-])c4)cc3)n2)cc1. The summed E-state index contributed by atoms with van der Waals surface area (Å²) < 4.78 is 6.11. The number of anilines is 5. The van der Waals surface area contributed by atoms with Crippen LogP contribution in [0.25, 0.3) is 11.1 Å². The van der Waals surface area contributed by atoms with Gasteiger partial charge in [-0.05, 0) is 74.4 Å². The molecule has 4 aromatic rings. The number of carbonyl (C=O) groups excluding carboxylic acids is 3. The van der Waals surface area contributed by atoms with Crippen molar-refractivity contribution in [3.63, 3.8) is 0 Å². The number of rotatable bonds is 7. The summed E-state index contributed by atoms with van der Waals surface area (Å²) in [7, 11) is 1.54. The Morgan fingerprint density at radius 1 is 0.907 bits per heavy atom. The van der Waals surface area contributed by atoms with E-state index in [4.69, 9.17) is 10.5 Å². The lowest BCUT2D eigenvalue weighted by Crippen LogP contribution is -2.27. The molecule has 0 aliphatic rings. The van der Waals surface area contributed by atoms with Gasteiger partial charge in [-0.2, -0.15) is 4.98 Å². The number of carbonyl (C=O) groups is 3. The van der Waals surface area contributed by atoms with Gasteiger partial charge in [-0.3, -0.25) is 20.2 Å². The zero-order chi connectivity index (χ0) is 31.3. The topological polar surface area (TPSA) is 208 Å². The zero-order valence-electron chi connectivity index (χ0n) is 23.7. The number of benzene rings is 3. The van der Waals surface area contributed by atoms with Crippen molar-refractivity contribution < 1.29 is 24.0 Å². The van der Waals surface area contributed by atoms with Crippen molar-refractivity contribution in [2.45, 2.75) is 26.4 Å². The van der Waals surface area contributed by atoms with E-state index in [9.17, 15) is 24.5 Å². The van der Waals surface area contributed by atoms with E-state index in [-0.39, 0.29) is 29.2 Å². The van der Waals surface area contributed by atoms with Gasteiger partial charge in [0.1, 0.15) is 5.60 Å². The monoisotopic (exact) mass is 587 g/mol. The molecule has 0 saturated carbocycles. The second kappa shape index (κ2) is 12.3. The van der Waals surface area contributed by atoms with Crippen molar-refractivity contribution >= 4 is 52.7 Å². The molecule has 0 bridgehead atoms. The lowest BCUT2D eigenvalue weighted by molar-refractivity contribution is -0.384. The Morgan fingerprint density at radius 3 is 2.16 bits per heavy atom. The molecule has 1 aromatic heterocycles. The van der Waals surface area contributed by atoms with Gasteiger partial charge in [0, 0.05) is 36.1 Å². The summed E-state index contributed by atoms with van der Waals surface area (Å²) in [6.45, 7) is 5.11. The average molecular weight is 588 g/mol. The number of hydrogen-bond donors (Lipinski definition) is 5. The molecule has 0 unspecified atom stereocenters. The highest BCUT2D eigenvalue weighted by Crippen LogP contribution is 2.30. The van der Waals surface area contributed by atoms with E-state index >= 15 is 0 Å². The van der Waals surface area contributed by atoms with Crippen LogP contribution in [0.5, 0.6) is 0 Å². The van der Waals surface area contributed by atoms with Gasteiger partial charge in [0.2, 0.25) is 11.9 Å². The highest BCUT2D eigenvalue weighted by molar-refractivity contribution is 5.94. The Balaban J connectivity index is 1.46. The average Bonchev–Trinajstić information content (AvgIpc) is 3.31. The normalized spacial score (nSPS) is 10.9. The Hall–Kier alpha value is -5.99. The number of hydrogen-bond acceptors (Lipinski definition) is 10. The molecule has 0 aliphatic heterocycles. The van der Waals surface area contributed by atoms with Crippen LogP contribution in [0.2, 0.25) is 0 Å². The van der Waals surface area contributed by atoms with Gasteiger partial charge in [0.05, 0.1) is 10.6 Å². The lowest BCUT2D eigenvalue weighted by atomic mass is 10.0. The summed E-state index contributed by atoms with van der Waals surface area (Å²) in [5, 5.41) is 26.2. The van der Waals surface area contributed by atoms with Gasteiger partial charge in [0.25, 0.3) is 11.6 Å². The van der Waals surface area contributed by atoms with Gasteiger partial charge >= 0.3 is 12.1 Å². The molecule has 15 nitrogen and oxygen atoms in total. The number of nitrogens with one attached hydrogen (secondary N) is 4. The second-order valence-corrected chi connectivity index (χ2v) is 10.1. The van der Waals surface area contributed by atoms with E-state index in [1.165, 1.54) is 19.2 Å². The molecular formula is C28H29N9O6. The predicted octanol–water partition coefficient (Wildman–Crippen LogP) is 4.97. The van der Waals surface area contributed by atoms with E-state index in [0.717, 1.165) is 4.68 Å². The Bertz CT molecular complexity index is 1680. The van der Waals surface area contributed by atoms with E-state index in [0.29, 0.717) is 28.1 Å². The standard InChI is InChI=1S/C28H29N9O6/c1-28(2,3)43-27(40)33-21-13-18(14-22(15-21)37(41)42)16-5-9-20(10-6-16)32-26(39)36-24(29)34-25(35-36)31-19-11-7-17(8-12-19)23(38)30-4/h5-15H,1-4H3,(H,30,38)(H,32,39)(H,33,40)(H3,29,31,34,35). The minimum absolute atomic E-state index is 0.0668. The van der Waals surface area contributed by atoms with Crippen LogP contribution in [0.3, 0.4) is 0 Å². The van der Waals surface area contributed by atoms with E-state index < -0.39 is 22.6 Å². The van der Waals surface area contributed by atoms with Crippen molar-refractivity contribution in [2.24, 2.45) is 0 Å². The largest absolute Gasteiger partial charge is 0.444 e. The molecular weight excluding hydrogens is 558 g/mol. The molecule has 222 valence electrons. The van der Waals surface area contributed by atoms with Crippen LogP contribution in [-0.4, -0.2) is 50.4 Å². The summed E-state index contributed by atoms with van der Waals surface area (Å²) in [4.78, 5) is 51.8. The molecule has 0 spiro atoms. The number of nitrogens with zero attached hydrogens (tertiary/aromatic N) is 4. The van der Waals surface area contributed by atoms with Gasteiger partial charge in [-0.15, -0.1) is 9.78 Å². The quantitative estimate of drug-likeness (QED) is 0.145. The van der Waals surface area contributed by atoms with Crippen molar-refractivity contribution in [3.05, 3.63) is 82.4 Å². The van der Waals surface area contributed by atoms with E-state index in [1.54, 1.807) is 75.4 Å². The number of amides is 3. The number of non-ortho nitro benzene ring substituents is 1. The van der Waals surface area contributed by atoms with Gasteiger partial charge in [0.15, 0.2) is 0 Å². The van der Waals surface area contributed by atoms with Crippen molar-refractivity contribution in [1.82, 2.24) is 20.1 Å².